The van der Waals surface area contributed by atoms with Gasteiger partial charge in [-0.05, 0) is 43.4 Å². The number of rotatable bonds is 11. The van der Waals surface area contributed by atoms with Crippen LogP contribution < -0.4 is 10.5 Å². The second-order valence-electron chi connectivity index (χ2n) is 7.14. The van der Waals surface area contributed by atoms with Crippen molar-refractivity contribution in [2.75, 3.05) is 19.8 Å². The van der Waals surface area contributed by atoms with Gasteiger partial charge in [0.1, 0.15) is 5.75 Å². The number of phosphoric ester groups is 1. The summed E-state index contributed by atoms with van der Waals surface area (Å²) in [6.45, 7) is 3.08. The number of nitrogens with two attached hydrogens (primary N) is 1. The van der Waals surface area contributed by atoms with Gasteiger partial charge in [-0.25, -0.2) is 4.57 Å². The van der Waals surface area contributed by atoms with E-state index < -0.39 is 13.4 Å². The third kappa shape index (κ3) is 7.77. The van der Waals surface area contributed by atoms with Crippen LogP contribution in [-0.2, 0) is 20.0 Å². The van der Waals surface area contributed by atoms with E-state index in [-0.39, 0.29) is 13.2 Å². The number of hydrogen-bond acceptors (Lipinski definition) is 5. The zero-order valence-electron chi connectivity index (χ0n) is 15.7. The van der Waals surface area contributed by atoms with Crippen LogP contribution in [0.5, 0.6) is 5.75 Å². The molecule has 0 amide bonds. The minimum atomic E-state index is -3.87. The summed E-state index contributed by atoms with van der Waals surface area (Å²) in [5.41, 5.74) is 6.68. The predicted molar refractivity (Wildman–Crippen MR) is 102 cm³/mol. The number of phosphoric acid groups is 1. The highest BCUT2D eigenvalue weighted by Gasteiger charge is 2.38. The minimum Gasteiger partial charge on any atom is -0.494 e. The van der Waals surface area contributed by atoms with Crippen molar-refractivity contribution in [2.45, 2.75) is 63.8 Å². The number of ether oxygens (including phenoxy) is 1. The second-order valence-corrected chi connectivity index (χ2v) is 8.59. The van der Waals surface area contributed by atoms with E-state index in [1.165, 1.54) is 31.2 Å². The van der Waals surface area contributed by atoms with Crippen molar-refractivity contribution in [3.8, 4) is 5.75 Å². The summed E-state index contributed by atoms with van der Waals surface area (Å²) in [4.78, 5) is 9.20. The van der Waals surface area contributed by atoms with E-state index >= 15 is 0 Å². The molecule has 1 heterocycles. The van der Waals surface area contributed by atoms with Gasteiger partial charge in [0.2, 0.25) is 0 Å². The first kappa shape index (κ1) is 21.4. The molecule has 0 bridgehead atoms. The molecular formula is C19H32NO5P. The maximum absolute atomic E-state index is 11.2. The molecule has 148 valence electrons. The van der Waals surface area contributed by atoms with Gasteiger partial charge < -0.3 is 15.4 Å². The Bertz CT molecular complexity index is 566. The summed E-state index contributed by atoms with van der Waals surface area (Å²) in [6.07, 6.45) is 8.59. The van der Waals surface area contributed by atoms with Crippen molar-refractivity contribution in [3.05, 3.63) is 29.8 Å². The standard InChI is InChI=1S/C19H32NO5P/c1-2-3-4-5-6-14-23-18-11-9-17(10-12-18)8-7-13-19(20)15-24-26(21,22)25-16-19/h9-12H,2-8,13-16,20H2,1H3,(H,21,22). The van der Waals surface area contributed by atoms with Gasteiger partial charge in [0.15, 0.2) is 0 Å². The molecular weight excluding hydrogens is 353 g/mol. The Labute approximate surface area is 156 Å². The van der Waals surface area contributed by atoms with Gasteiger partial charge >= 0.3 is 7.82 Å². The van der Waals surface area contributed by atoms with E-state index in [2.05, 4.69) is 19.1 Å². The molecule has 26 heavy (non-hydrogen) atoms. The van der Waals surface area contributed by atoms with Crippen molar-refractivity contribution in [2.24, 2.45) is 5.73 Å². The highest BCUT2D eigenvalue weighted by atomic mass is 31.2. The average molecular weight is 385 g/mol. The van der Waals surface area contributed by atoms with Crippen molar-refractivity contribution in [3.63, 3.8) is 0 Å². The molecule has 0 saturated carbocycles. The third-order valence-electron chi connectivity index (χ3n) is 4.61. The fraction of sp³-hybridized carbons (Fsp3) is 0.684. The molecule has 0 aromatic heterocycles. The zero-order chi connectivity index (χ0) is 18.9. The van der Waals surface area contributed by atoms with E-state index in [0.717, 1.165) is 31.6 Å². The van der Waals surface area contributed by atoms with Crippen LogP contribution in [0, 0.1) is 0 Å². The van der Waals surface area contributed by atoms with Crippen LogP contribution in [0.15, 0.2) is 24.3 Å². The largest absolute Gasteiger partial charge is 0.494 e. The highest BCUT2D eigenvalue weighted by molar-refractivity contribution is 7.47. The van der Waals surface area contributed by atoms with Gasteiger partial charge in [-0.2, -0.15) is 0 Å². The molecule has 0 atom stereocenters. The van der Waals surface area contributed by atoms with Gasteiger partial charge in [0, 0.05) is 0 Å². The molecule has 7 heteroatoms. The first-order chi connectivity index (χ1) is 12.4. The van der Waals surface area contributed by atoms with Gasteiger partial charge in [0.25, 0.3) is 0 Å². The molecule has 0 radical (unpaired) electrons. The quantitative estimate of drug-likeness (QED) is 0.438. The van der Waals surface area contributed by atoms with E-state index in [1.807, 2.05) is 12.1 Å². The van der Waals surface area contributed by atoms with E-state index in [4.69, 9.17) is 19.5 Å². The molecule has 0 spiro atoms. The van der Waals surface area contributed by atoms with E-state index in [1.54, 1.807) is 0 Å². The summed E-state index contributed by atoms with van der Waals surface area (Å²) < 4.78 is 26.6. The smallest absolute Gasteiger partial charge is 0.472 e. The summed E-state index contributed by atoms with van der Waals surface area (Å²) in [7, 11) is -3.87. The fourth-order valence-electron chi connectivity index (χ4n) is 2.94. The Morgan fingerprint density at radius 3 is 2.42 bits per heavy atom. The first-order valence-corrected chi connectivity index (χ1v) is 11.0. The lowest BCUT2D eigenvalue weighted by Crippen LogP contribution is -2.50. The Hall–Kier alpha value is -0.910. The maximum atomic E-state index is 11.2. The normalized spacial score (nSPS) is 26.0. The summed E-state index contributed by atoms with van der Waals surface area (Å²) in [5.74, 6) is 0.910. The van der Waals surface area contributed by atoms with Gasteiger partial charge in [0.05, 0.1) is 25.4 Å². The minimum absolute atomic E-state index is 0.0474. The van der Waals surface area contributed by atoms with Crippen LogP contribution in [-0.4, -0.2) is 30.3 Å². The third-order valence-corrected chi connectivity index (χ3v) is 5.52. The van der Waals surface area contributed by atoms with Crippen molar-refractivity contribution in [1.29, 1.82) is 0 Å². The van der Waals surface area contributed by atoms with Crippen LogP contribution in [0.25, 0.3) is 0 Å². The van der Waals surface area contributed by atoms with Crippen LogP contribution in [0.4, 0.5) is 0 Å². The SMILES string of the molecule is CCCCCCCOc1ccc(CCCC2(N)COP(=O)(O)OC2)cc1. The van der Waals surface area contributed by atoms with Gasteiger partial charge in [-0.1, -0.05) is 44.7 Å². The Morgan fingerprint density at radius 2 is 1.77 bits per heavy atom. The van der Waals surface area contributed by atoms with Crippen LogP contribution >= 0.6 is 7.82 Å². The summed E-state index contributed by atoms with van der Waals surface area (Å²) in [6, 6.07) is 8.17. The lowest BCUT2D eigenvalue weighted by atomic mass is 9.94. The predicted octanol–water partition coefficient (Wildman–Crippen LogP) is 4.20. The van der Waals surface area contributed by atoms with Crippen LogP contribution in [0.1, 0.15) is 57.4 Å². The Kier molecular flexibility index (Phi) is 8.58. The number of benzene rings is 1. The fourth-order valence-corrected chi connectivity index (χ4v) is 3.85. The van der Waals surface area contributed by atoms with Crippen molar-refractivity contribution in [1.82, 2.24) is 0 Å². The topological polar surface area (TPSA) is 91.0 Å². The molecule has 1 aliphatic heterocycles. The van der Waals surface area contributed by atoms with Crippen LogP contribution in [0.2, 0.25) is 0 Å². The molecule has 1 aliphatic rings. The summed E-state index contributed by atoms with van der Waals surface area (Å²) in [5, 5.41) is 0. The first-order valence-electron chi connectivity index (χ1n) is 9.55. The molecule has 0 unspecified atom stereocenters. The van der Waals surface area contributed by atoms with Crippen molar-refractivity contribution < 1.29 is 23.2 Å². The molecule has 1 fully saturated rings. The van der Waals surface area contributed by atoms with E-state index in [0.29, 0.717) is 6.42 Å². The number of hydrogen-bond donors (Lipinski definition) is 2. The zero-order valence-corrected chi connectivity index (χ0v) is 16.6. The van der Waals surface area contributed by atoms with E-state index in [9.17, 15) is 9.46 Å². The average Bonchev–Trinajstić information content (AvgIpc) is 2.62. The molecule has 6 nitrogen and oxygen atoms in total. The second kappa shape index (κ2) is 10.4. The Morgan fingerprint density at radius 1 is 1.12 bits per heavy atom. The van der Waals surface area contributed by atoms with Gasteiger partial charge in [-0.15, -0.1) is 0 Å². The molecule has 1 aromatic carbocycles. The van der Waals surface area contributed by atoms with Gasteiger partial charge in [-0.3, -0.25) is 9.05 Å². The Balaban J connectivity index is 1.64. The monoisotopic (exact) mass is 385 g/mol. The molecule has 1 aromatic rings. The lowest BCUT2D eigenvalue weighted by molar-refractivity contribution is 0.0362. The molecule has 0 aliphatic carbocycles. The lowest BCUT2D eigenvalue weighted by Gasteiger charge is -2.34. The maximum Gasteiger partial charge on any atom is 0.472 e. The summed E-state index contributed by atoms with van der Waals surface area (Å²) >= 11 is 0. The highest BCUT2D eigenvalue weighted by Crippen LogP contribution is 2.47. The van der Waals surface area contributed by atoms with Crippen LogP contribution in [0.3, 0.4) is 0 Å². The van der Waals surface area contributed by atoms with Crippen molar-refractivity contribution >= 4 is 7.82 Å². The number of unbranched alkanes of at least 4 members (excludes halogenated alkanes) is 4. The molecule has 1 saturated heterocycles. The molecule has 3 N–H and O–H groups in total. The number of aryl methyl sites for hydroxylation is 1. The molecule has 2 rings (SSSR count).